The van der Waals surface area contributed by atoms with E-state index < -0.39 is 0 Å². The van der Waals surface area contributed by atoms with Crippen LogP contribution in [0.4, 0.5) is 0 Å². The molecule has 0 fully saturated rings. The zero-order valence-corrected chi connectivity index (χ0v) is 10.4. The Balaban J connectivity index is 2.20. The van der Waals surface area contributed by atoms with Crippen LogP contribution in [0.1, 0.15) is 30.1 Å². The molecule has 0 saturated carbocycles. The van der Waals surface area contributed by atoms with Crippen molar-refractivity contribution in [2.45, 2.75) is 18.9 Å². The highest BCUT2D eigenvalue weighted by Crippen LogP contribution is 2.27. The van der Waals surface area contributed by atoms with Crippen molar-refractivity contribution in [2.24, 2.45) is 5.73 Å². The zero-order chi connectivity index (χ0) is 12.3. The summed E-state index contributed by atoms with van der Waals surface area (Å²) in [7, 11) is 0. The molecule has 17 heavy (non-hydrogen) atoms. The molecule has 2 atom stereocenters. The average molecular weight is 247 g/mol. The molecule has 0 aliphatic heterocycles. The minimum Gasteiger partial charge on any atom is -0.323 e. The summed E-state index contributed by atoms with van der Waals surface area (Å²) in [4.78, 5) is 4.34. The molecule has 0 bridgehead atoms. The maximum absolute atomic E-state index is 6.24. The van der Waals surface area contributed by atoms with Gasteiger partial charge in [0.05, 0.1) is 0 Å². The second-order valence-electron chi connectivity index (χ2n) is 4.12. The van der Waals surface area contributed by atoms with Crippen LogP contribution in [0.25, 0.3) is 0 Å². The fourth-order valence-corrected chi connectivity index (χ4v) is 1.93. The highest BCUT2D eigenvalue weighted by Gasteiger charge is 2.17. The summed E-state index contributed by atoms with van der Waals surface area (Å²) < 4.78 is 0. The van der Waals surface area contributed by atoms with Crippen LogP contribution in [-0.4, -0.2) is 4.98 Å². The summed E-state index contributed by atoms with van der Waals surface area (Å²) in [6, 6.07) is 13.5. The number of nitrogens with zero attached hydrogens (tertiary/aromatic N) is 1. The number of hydrogen-bond donors (Lipinski definition) is 1. The van der Waals surface area contributed by atoms with Gasteiger partial charge in [-0.15, -0.1) is 0 Å². The monoisotopic (exact) mass is 246 g/mol. The van der Waals surface area contributed by atoms with E-state index in [1.807, 2.05) is 42.5 Å². The molecule has 0 saturated heterocycles. The second kappa shape index (κ2) is 5.30. The van der Waals surface area contributed by atoms with E-state index in [1.54, 1.807) is 6.20 Å². The maximum Gasteiger partial charge on any atom is 0.0450 e. The molecular formula is C14H15ClN2. The van der Waals surface area contributed by atoms with E-state index in [2.05, 4.69) is 11.9 Å². The summed E-state index contributed by atoms with van der Waals surface area (Å²) in [5, 5.41) is 0.728. The van der Waals surface area contributed by atoms with Crippen LogP contribution in [0.5, 0.6) is 0 Å². The molecule has 3 heteroatoms. The van der Waals surface area contributed by atoms with Crippen molar-refractivity contribution >= 4 is 11.6 Å². The Morgan fingerprint density at radius 1 is 1.12 bits per heavy atom. The van der Waals surface area contributed by atoms with Gasteiger partial charge in [-0.2, -0.15) is 0 Å². The molecule has 0 radical (unpaired) electrons. The van der Waals surface area contributed by atoms with Gasteiger partial charge < -0.3 is 5.73 Å². The summed E-state index contributed by atoms with van der Waals surface area (Å²) in [5.74, 6) is 0.178. The molecule has 2 rings (SSSR count). The molecule has 2 aromatic rings. The molecule has 1 aromatic carbocycles. The van der Waals surface area contributed by atoms with Gasteiger partial charge in [0.15, 0.2) is 0 Å². The smallest absolute Gasteiger partial charge is 0.0450 e. The van der Waals surface area contributed by atoms with Gasteiger partial charge in [-0.05, 0) is 29.8 Å². The van der Waals surface area contributed by atoms with E-state index in [1.165, 1.54) is 0 Å². The second-order valence-corrected chi connectivity index (χ2v) is 4.56. The number of hydrogen-bond acceptors (Lipinski definition) is 2. The summed E-state index contributed by atoms with van der Waals surface area (Å²) in [6.07, 6.45) is 1.79. The third kappa shape index (κ3) is 2.84. The van der Waals surface area contributed by atoms with Crippen LogP contribution in [0.2, 0.25) is 5.02 Å². The number of pyridine rings is 1. The number of benzene rings is 1. The number of rotatable bonds is 3. The lowest BCUT2D eigenvalue weighted by Crippen LogP contribution is -2.18. The normalized spacial score (nSPS) is 14.3. The van der Waals surface area contributed by atoms with Crippen molar-refractivity contribution in [3.63, 3.8) is 0 Å². The topological polar surface area (TPSA) is 38.9 Å². The molecule has 1 aromatic heterocycles. The van der Waals surface area contributed by atoms with Crippen molar-refractivity contribution in [3.8, 4) is 0 Å². The largest absolute Gasteiger partial charge is 0.323 e. The Labute approximate surface area is 106 Å². The maximum atomic E-state index is 6.24. The van der Waals surface area contributed by atoms with E-state index in [4.69, 9.17) is 17.3 Å². The molecule has 0 amide bonds. The quantitative estimate of drug-likeness (QED) is 0.900. The van der Waals surface area contributed by atoms with Crippen LogP contribution >= 0.6 is 11.6 Å². The Kier molecular flexibility index (Phi) is 3.77. The van der Waals surface area contributed by atoms with Gasteiger partial charge in [0.1, 0.15) is 0 Å². The lowest BCUT2D eigenvalue weighted by molar-refractivity contribution is 0.584. The fourth-order valence-electron chi connectivity index (χ4n) is 1.80. The van der Waals surface area contributed by atoms with Gasteiger partial charge in [0.2, 0.25) is 0 Å². The van der Waals surface area contributed by atoms with Crippen molar-refractivity contribution in [3.05, 3.63) is 64.9 Å². The molecule has 1 heterocycles. The predicted octanol–water partition coefficient (Wildman–Crippen LogP) is 3.54. The van der Waals surface area contributed by atoms with Gasteiger partial charge in [-0.25, -0.2) is 0 Å². The Morgan fingerprint density at radius 3 is 2.41 bits per heavy atom. The number of nitrogens with two attached hydrogens (primary N) is 1. The lowest BCUT2D eigenvalue weighted by atomic mass is 9.92. The number of halogens is 1. The molecule has 88 valence electrons. The van der Waals surface area contributed by atoms with Crippen LogP contribution < -0.4 is 5.73 Å². The molecule has 2 N–H and O–H groups in total. The third-order valence-electron chi connectivity index (χ3n) is 2.95. The lowest BCUT2D eigenvalue weighted by Gasteiger charge is -2.19. The van der Waals surface area contributed by atoms with E-state index >= 15 is 0 Å². The highest BCUT2D eigenvalue weighted by atomic mass is 35.5. The molecular weight excluding hydrogens is 232 g/mol. The highest BCUT2D eigenvalue weighted by molar-refractivity contribution is 6.30. The van der Waals surface area contributed by atoms with Crippen molar-refractivity contribution < 1.29 is 0 Å². The standard InChI is InChI=1S/C14H15ClN2/c1-10(13-4-2-3-9-17-13)14(16)11-5-7-12(15)8-6-11/h2-10,14H,16H2,1H3. The first kappa shape index (κ1) is 12.1. The first-order chi connectivity index (χ1) is 8.18. The molecule has 0 aliphatic carbocycles. The van der Waals surface area contributed by atoms with Crippen LogP contribution in [-0.2, 0) is 0 Å². The van der Waals surface area contributed by atoms with E-state index in [9.17, 15) is 0 Å². The van der Waals surface area contributed by atoms with E-state index in [-0.39, 0.29) is 12.0 Å². The van der Waals surface area contributed by atoms with Crippen LogP contribution in [0.15, 0.2) is 48.7 Å². The van der Waals surface area contributed by atoms with Crippen molar-refractivity contribution in [1.29, 1.82) is 0 Å². The summed E-state index contributed by atoms with van der Waals surface area (Å²) >= 11 is 5.86. The van der Waals surface area contributed by atoms with Gasteiger partial charge >= 0.3 is 0 Å². The van der Waals surface area contributed by atoms with Gasteiger partial charge in [0, 0.05) is 28.9 Å². The van der Waals surface area contributed by atoms with E-state index in [0.29, 0.717) is 0 Å². The van der Waals surface area contributed by atoms with E-state index in [0.717, 1.165) is 16.3 Å². The summed E-state index contributed by atoms with van der Waals surface area (Å²) in [5.41, 5.74) is 8.32. The van der Waals surface area contributed by atoms with Crippen molar-refractivity contribution in [1.82, 2.24) is 4.98 Å². The SMILES string of the molecule is CC(c1ccccn1)C(N)c1ccc(Cl)cc1. The van der Waals surface area contributed by atoms with Crippen molar-refractivity contribution in [2.75, 3.05) is 0 Å². The Hall–Kier alpha value is -1.38. The first-order valence-corrected chi connectivity index (χ1v) is 5.98. The molecule has 0 aliphatic rings. The predicted molar refractivity (Wildman–Crippen MR) is 71.0 cm³/mol. The van der Waals surface area contributed by atoms with Gasteiger partial charge in [-0.3, -0.25) is 4.98 Å². The summed E-state index contributed by atoms with van der Waals surface area (Å²) in [6.45, 7) is 2.08. The number of aromatic nitrogens is 1. The van der Waals surface area contributed by atoms with Gasteiger partial charge in [0.25, 0.3) is 0 Å². The molecule has 2 unspecified atom stereocenters. The molecule has 0 spiro atoms. The first-order valence-electron chi connectivity index (χ1n) is 5.60. The zero-order valence-electron chi connectivity index (χ0n) is 9.68. The van der Waals surface area contributed by atoms with Gasteiger partial charge in [-0.1, -0.05) is 36.7 Å². The Bertz CT molecular complexity index is 467. The fraction of sp³-hybridized carbons (Fsp3) is 0.214. The van der Waals surface area contributed by atoms with Crippen LogP contribution in [0, 0.1) is 0 Å². The van der Waals surface area contributed by atoms with Crippen LogP contribution in [0.3, 0.4) is 0 Å². The Morgan fingerprint density at radius 2 is 1.82 bits per heavy atom. The molecule has 2 nitrogen and oxygen atoms in total. The third-order valence-corrected chi connectivity index (χ3v) is 3.20. The average Bonchev–Trinajstić information content (AvgIpc) is 2.39. The minimum absolute atomic E-state index is 0.0674. The minimum atomic E-state index is -0.0674.